The molecule has 0 fully saturated rings. The zero-order valence-corrected chi connectivity index (χ0v) is 19.0. The van der Waals surface area contributed by atoms with E-state index in [9.17, 15) is 14.4 Å². The summed E-state index contributed by atoms with van der Waals surface area (Å²) in [6, 6.07) is 21.2. The van der Waals surface area contributed by atoms with Gasteiger partial charge < -0.3 is 20.6 Å². The molecule has 0 unspecified atom stereocenters. The molecule has 0 radical (unpaired) electrons. The number of hydrogen-bond acceptors (Lipinski definition) is 4. The topological polar surface area (TPSA) is 125 Å². The standard InChI is InChI=1S/C26H22N6O3/c1-15-23(16(2)32(31-15)20-6-4-3-5-7-20)30-24(33)17-8-11-19(12-9-17)27-25(34)18-10-13-21-22(14-18)29-26(35)28-21/h3-14H,1-2H3,(H,27,34)(H,30,33)(H2,28,29,35). The molecule has 9 heteroatoms. The van der Waals surface area contributed by atoms with Crippen molar-refractivity contribution >= 4 is 34.2 Å². The molecule has 0 aliphatic carbocycles. The van der Waals surface area contributed by atoms with Gasteiger partial charge in [0.25, 0.3) is 11.8 Å². The highest BCUT2D eigenvalue weighted by molar-refractivity contribution is 6.07. The van der Waals surface area contributed by atoms with Crippen LogP contribution in [0, 0.1) is 13.8 Å². The number of nitrogens with one attached hydrogen (secondary N) is 4. The van der Waals surface area contributed by atoms with Gasteiger partial charge in [-0.2, -0.15) is 5.10 Å². The molecule has 35 heavy (non-hydrogen) atoms. The third kappa shape index (κ3) is 4.34. The minimum atomic E-state index is -0.329. The molecule has 0 atom stereocenters. The van der Waals surface area contributed by atoms with Crippen molar-refractivity contribution in [3.8, 4) is 5.69 Å². The van der Waals surface area contributed by atoms with Crippen LogP contribution in [0.5, 0.6) is 0 Å². The van der Waals surface area contributed by atoms with Crippen molar-refractivity contribution in [3.05, 3.63) is 106 Å². The number of aryl methyl sites for hydroxylation is 1. The maximum atomic E-state index is 12.9. The van der Waals surface area contributed by atoms with Gasteiger partial charge in [0.2, 0.25) is 0 Å². The number of anilines is 2. The Morgan fingerprint density at radius 3 is 2.20 bits per heavy atom. The van der Waals surface area contributed by atoms with E-state index in [1.54, 1.807) is 47.1 Å². The van der Waals surface area contributed by atoms with E-state index in [1.807, 2.05) is 44.2 Å². The normalized spacial score (nSPS) is 10.9. The number of aromatic amines is 2. The fraction of sp³-hybridized carbons (Fsp3) is 0.0769. The van der Waals surface area contributed by atoms with Crippen LogP contribution in [0.15, 0.2) is 77.6 Å². The molecule has 0 aliphatic heterocycles. The Morgan fingerprint density at radius 2 is 1.46 bits per heavy atom. The van der Waals surface area contributed by atoms with E-state index < -0.39 is 0 Å². The average Bonchev–Trinajstić information content (AvgIpc) is 3.37. The van der Waals surface area contributed by atoms with Gasteiger partial charge in [0.05, 0.1) is 33.8 Å². The van der Waals surface area contributed by atoms with Crippen molar-refractivity contribution in [2.75, 3.05) is 10.6 Å². The second kappa shape index (κ2) is 8.79. The summed E-state index contributed by atoms with van der Waals surface area (Å²) in [6.45, 7) is 3.75. The van der Waals surface area contributed by atoms with E-state index in [0.29, 0.717) is 39.2 Å². The number of carbonyl (C=O) groups excluding carboxylic acids is 2. The molecule has 9 nitrogen and oxygen atoms in total. The number of aromatic nitrogens is 4. The first-order chi connectivity index (χ1) is 16.9. The first-order valence-electron chi connectivity index (χ1n) is 11.0. The highest BCUT2D eigenvalue weighted by Gasteiger charge is 2.16. The van der Waals surface area contributed by atoms with Crippen molar-refractivity contribution in [3.63, 3.8) is 0 Å². The highest BCUT2D eigenvalue weighted by Crippen LogP contribution is 2.24. The Balaban J connectivity index is 1.29. The van der Waals surface area contributed by atoms with Gasteiger partial charge in [-0.3, -0.25) is 9.59 Å². The average molecular weight is 467 g/mol. The number of nitrogens with zero attached hydrogens (tertiary/aromatic N) is 2. The fourth-order valence-corrected chi connectivity index (χ4v) is 3.91. The van der Waals surface area contributed by atoms with Crippen LogP contribution in [0.2, 0.25) is 0 Å². The number of amides is 2. The van der Waals surface area contributed by atoms with Crippen LogP contribution in [0.4, 0.5) is 11.4 Å². The number of H-pyrrole nitrogens is 2. The molecule has 2 amide bonds. The molecule has 0 saturated heterocycles. The number of carbonyl (C=O) groups is 2. The number of rotatable bonds is 5. The summed E-state index contributed by atoms with van der Waals surface area (Å²) in [5.41, 5.74) is 5.35. The summed E-state index contributed by atoms with van der Waals surface area (Å²) in [5, 5.41) is 10.3. The minimum absolute atomic E-state index is 0.274. The van der Waals surface area contributed by atoms with Gasteiger partial charge in [-0.05, 0) is 68.4 Å². The molecule has 3 aromatic carbocycles. The van der Waals surface area contributed by atoms with Crippen LogP contribution in [0.1, 0.15) is 32.1 Å². The van der Waals surface area contributed by atoms with Gasteiger partial charge in [0.15, 0.2) is 0 Å². The lowest BCUT2D eigenvalue weighted by atomic mass is 10.1. The lowest BCUT2D eigenvalue weighted by Gasteiger charge is -2.09. The van der Waals surface area contributed by atoms with Crippen molar-refractivity contribution in [2.45, 2.75) is 13.8 Å². The zero-order chi connectivity index (χ0) is 24.5. The molecule has 4 N–H and O–H groups in total. The SMILES string of the molecule is Cc1nn(-c2ccccc2)c(C)c1NC(=O)c1ccc(NC(=O)c2ccc3[nH]c(=O)[nH]c3c2)cc1. The Morgan fingerprint density at radius 1 is 0.800 bits per heavy atom. The highest BCUT2D eigenvalue weighted by atomic mass is 16.2. The Labute approximate surface area is 199 Å². The molecule has 0 saturated carbocycles. The summed E-state index contributed by atoms with van der Waals surface area (Å²) < 4.78 is 1.80. The van der Waals surface area contributed by atoms with Gasteiger partial charge in [-0.25, -0.2) is 9.48 Å². The van der Waals surface area contributed by atoms with E-state index in [-0.39, 0.29) is 17.5 Å². The quantitative estimate of drug-likeness (QED) is 0.310. The van der Waals surface area contributed by atoms with Crippen LogP contribution in [-0.2, 0) is 0 Å². The monoisotopic (exact) mass is 466 g/mol. The van der Waals surface area contributed by atoms with Crippen molar-refractivity contribution in [2.24, 2.45) is 0 Å². The molecule has 2 heterocycles. The van der Waals surface area contributed by atoms with Crippen LogP contribution < -0.4 is 16.3 Å². The summed E-state index contributed by atoms with van der Waals surface area (Å²) in [4.78, 5) is 42.2. The Bertz CT molecular complexity index is 1610. The van der Waals surface area contributed by atoms with Crippen molar-refractivity contribution in [1.29, 1.82) is 0 Å². The molecule has 5 rings (SSSR count). The molecule has 5 aromatic rings. The lowest BCUT2D eigenvalue weighted by Crippen LogP contribution is -2.14. The first-order valence-corrected chi connectivity index (χ1v) is 11.0. The Hall–Kier alpha value is -4.92. The van der Waals surface area contributed by atoms with Crippen LogP contribution in [-0.4, -0.2) is 31.6 Å². The summed E-state index contributed by atoms with van der Waals surface area (Å²) in [7, 11) is 0. The number of imidazole rings is 1. The number of fused-ring (bicyclic) bond motifs is 1. The molecule has 0 aliphatic rings. The van der Waals surface area contributed by atoms with Crippen LogP contribution in [0.25, 0.3) is 16.7 Å². The van der Waals surface area contributed by atoms with E-state index >= 15 is 0 Å². The predicted octanol–water partition coefficient (Wildman–Crippen LogP) is 4.16. The maximum absolute atomic E-state index is 12.9. The van der Waals surface area contributed by atoms with Crippen molar-refractivity contribution < 1.29 is 9.59 Å². The second-order valence-electron chi connectivity index (χ2n) is 8.12. The van der Waals surface area contributed by atoms with Crippen molar-refractivity contribution in [1.82, 2.24) is 19.7 Å². The summed E-state index contributed by atoms with van der Waals surface area (Å²) in [5.74, 6) is -0.603. The van der Waals surface area contributed by atoms with Gasteiger partial charge in [0.1, 0.15) is 0 Å². The van der Waals surface area contributed by atoms with Gasteiger partial charge >= 0.3 is 5.69 Å². The maximum Gasteiger partial charge on any atom is 0.323 e. The van der Waals surface area contributed by atoms with E-state index in [2.05, 4.69) is 25.7 Å². The zero-order valence-electron chi connectivity index (χ0n) is 19.0. The summed E-state index contributed by atoms with van der Waals surface area (Å²) >= 11 is 0. The Kier molecular flexibility index (Phi) is 5.50. The fourth-order valence-electron chi connectivity index (χ4n) is 3.91. The van der Waals surface area contributed by atoms with E-state index in [0.717, 1.165) is 11.4 Å². The van der Waals surface area contributed by atoms with E-state index in [1.165, 1.54) is 0 Å². The molecular weight excluding hydrogens is 444 g/mol. The number of hydrogen-bond donors (Lipinski definition) is 4. The molecule has 0 spiro atoms. The predicted molar refractivity (Wildman–Crippen MR) is 134 cm³/mol. The third-order valence-electron chi connectivity index (χ3n) is 5.71. The van der Waals surface area contributed by atoms with Gasteiger partial charge in [-0.1, -0.05) is 18.2 Å². The molecular formula is C26H22N6O3. The van der Waals surface area contributed by atoms with Crippen LogP contribution >= 0.6 is 0 Å². The van der Waals surface area contributed by atoms with Gasteiger partial charge in [0, 0.05) is 16.8 Å². The first kappa shape index (κ1) is 21.9. The van der Waals surface area contributed by atoms with Crippen LogP contribution in [0.3, 0.4) is 0 Å². The second-order valence-corrected chi connectivity index (χ2v) is 8.12. The third-order valence-corrected chi connectivity index (χ3v) is 5.71. The molecule has 2 aromatic heterocycles. The molecule has 174 valence electrons. The largest absolute Gasteiger partial charge is 0.323 e. The van der Waals surface area contributed by atoms with E-state index in [4.69, 9.17) is 0 Å². The lowest BCUT2D eigenvalue weighted by molar-refractivity contribution is 0.102. The minimum Gasteiger partial charge on any atom is -0.322 e. The summed E-state index contributed by atoms with van der Waals surface area (Å²) in [6.07, 6.45) is 0. The smallest absolute Gasteiger partial charge is 0.322 e. The number of para-hydroxylation sites is 1. The van der Waals surface area contributed by atoms with Gasteiger partial charge in [-0.15, -0.1) is 0 Å². The number of benzene rings is 3. The molecule has 0 bridgehead atoms.